The SMILES string of the molecule is CCCCCCCCOP(=O)(CCCC)OCC(C)C. The number of hydrogen-bond donors (Lipinski definition) is 0. The fourth-order valence-corrected chi connectivity index (χ4v) is 3.84. The first-order valence-electron chi connectivity index (χ1n) is 8.42. The second-order valence-electron chi connectivity index (χ2n) is 5.98. The lowest BCUT2D eigenvalue weighted by atomic mass is 10.1. The second-order valence-corrected chi connectivity index (χ2v) is 8.16. The molecule has 4 heteroatoms. The Morgan fingerprint density at radius 1 is 0.850 bits per heavy atom. The van der Waals surface area contributed by atoms with Crippen molar-refractivity contribution in [3.8, 4) is 0 Å². The second kappa shape index (κ2) is 12.9. The van der Waals surface area contributed by atoms with Gasteiger partial charge >= 0.3 is 7.60 Å². The van der Waals surface area contributed by atoms with Gasteiger partial charge in [-0.05, 0) is 18.8 Å². The van der Waals surface area contributed by atoms with Crippen LogP contribution in [0.1, 0.15) is 79.1 Å². The first-order chi connectivity index (χ1) is 9.54. The summed E-state index contributed by atoms with van der Waals surface area (Å²) in [6.45, 7) is 9.55. The van der Waals surface area contributed by atoms with Crippen molar-refractivity contribution in [2.75, 3.05) is 19.4 Å². The maximum Gasteiger partial charge on any atom is 0.330 e. The normalized spacial score (nSPS) is 14.7. The molecule has 0 amide bonds. The van der Waals surface area contributed by atoms with Gasteiger partial charge in [-0.1, -0.05) is 66.2 Å². The molecule has 1 atom stereocenters. The first-order valence-corrected chi connectivity index (χ1v) is 10.1. The predicted molar refractivity (Wildman–Crippen MR) is 87.5 cm³/mol. The quantitative estimate of drug-likeness (QED) is 0.290. The minimum absolute atomic E-state index is 0.391. The summed E-state index contributed by atoms with van der Waals surface area (Å²) in [5.41, 5.74) is 0. The summed E-state index contributed by atoms with van der Waals surface area (Å²) in [7, 11) is -2.85. The van der Waals surface area contributed by atoms with E-state index in [0.717, 1.165) is 25.7 Å². The summed E-state index contributed by atoms with van der Waals surface area (Å²) in [6, 6.07) is 0. The molecule has 0 bridgehead atoms. The Morgan fingerprint density at radius 3 is 2.05 bits per heavy atom. The molecule has 0 saturated carbocycles. The molecular weight excluding hydrogens is 271 g/mol. The molecule has 122 valence electrons. The third-order valence-electron chi connectivity index (χ3n) is 3.18. The highest BCUT2D eigenvalue weighted by molar-refractivity contribution is 7.53. The molecule has 3 nitrogen and oxygen atoms in total. The van der Waals surface area contributed by atoms with Crippen LogP contribution in [0.5, 0.6) is 0 Å². The summed E-state index contributed by atoms with van der Waals surface area (Å²) in [5, 5.41) is 0. The van der Waals surface area contributed by atoms with Crippen LogP contribution in [0, 0.1) is 5.92 Å². The molecule has 0 N–H and O–H groups in total. The van der Waals surface area contributed by atoms with E-state index in [1.165, 1.54) is 25.7 Å². The van der Waals surface area contributed by atoms with Crippen molar-refractivity contribution in [3.63, 3.8) is 0 Å². The molecule has 0 aliphatic heterocycles. The summed E-state index contributed by atoms with van der Waals surface area (Å²) < 4.78 is 23.8. The topological polar surface area (TPSA) is 35.5 Å². The predicted octanol–water partition coefficient (Wildman–Crippen LogP) is 6.03. The summed E-state index contributed by atoms with van der Waals surface area (Å²) >= 11 is 0. The number of rotatable bonds is 14. The van der Waals surface area contributed by atoms with Gasteiger partial charge in [-0.3, -0.25) is 4.57 Å². The fraction of sp³-hybridized carbons (Fsp3) is 1.00. The van der Waals surface area contributed by atoms with E-state index in [-0.39, 0.29) is 0 Å². The van der Waals surface area contributed by atoms with E-state index >= 15 is 0 Å². The molecule has 20 heavy (non-hydrogen) atoms. The molecule has 0 aromatic carbocycles. The van der Waals surface area contributed by atoms with E-state index in [0.29, 0.717) is 25.3 Å². The van der Waals surface area contributed by atoms with Gasteiger partial charge in [0, 0.05) is 0 Å². The Labute approximate surface area is 126 Å². The molecule has 1 unspecified atom stereocenters. The van der Waals surface area contributed by atoms with E-state index in [2.05, 4.69) is 27.7 Å². The first kappa shape index (κ1) is 20.1. The van der Waals surface area contributed by atoms with Crippen molar-refractivity contribution in [2.24, 2.45) is 5.92 Å². The van der Waals surface area contributed by atoms with Crippen molar-refractivity contribution >= 4 is 7.60 Å². The van der Waals surface area contributed by atoms with E-state index < -0.39 is 7.60 Å². The summed E-state index contributed by atoms with van der Waals surface area (Å²) in [5.74, 6) is 0.391. The Bertz CT molecular complexity index is 254. The van der Waals surface area contributed by atoms with Crippen LogP contribution in [-0.2, 0) is 13.6 Å². The van der Waals surface area contributed by atoms with Crippen LogP contribution in [0.25, 0.3) is 0 Å². The van der Waals surface area contributed by atoms with Gasteiger partial charge in [0.1, 0.15) is 0 Å². The van der Waals surface area contributed by atoms with Gasteiger partial charge in [-0.15, -0.1) is 0 Å². The highest BCUT2D eigenvalue weighted by Gasteiger charge is 2.23. The highest BCUT2D eigenvalue weighted by Crippen LogP contribution is 2.49. The van der Waals surface area contributed by atoms with Crippen molar-refractivity contribution < 1.29 is 13.6 Å². The van der Waals surface area contributed by atoms with Gasteiger partial charge in [0.25, 0.3) is 0 Å². The third kappa shape index (κ3) is 11.9. The zero-order valence-electron chi connectivity index (χ0n) is 14.0. The van der Waals surface area contributed by atoms with Gasteiger partial charge in [0.2, 0.25) is 0 Å². The van der Waals surface area contributed by atoms with E-state index in [4.69, 9.17) is 9.05 Å². The summed E-state index contributed by atoms with van der Waals surface area (Å²) in [6.07, 6.45) is 9.78. The Hall–Kier alpha value is 0.150. The van der Waals surface area contributed by atoms with Gasteiger partial charge in [0.15, 0.2) is 0 Å². The minimum atomic E-state index is -2.85. The van der Waals surface area contributed by atoms with Gasteiger partial charge in [-0.2, -0.15) is 0 Å². The third-order valence-corrected chi connectivity index (χ3v) is 5.16. The van der Waals surface area contributed by atoms with Crippen LogP contribution >= 0.6 is 7.60 Å². The Balaban J connectivity index is 3.88. The van der Waals surface area contributed by atoms with Crippen LogP contribution in [0.4, 0.5) is 0 Å². The van der Waals surface area contributed by atoms with Crippen LogP contribution in [0.3, 0.4) is 0 Å². The lowest BCUT2D eigenvalue weighted by Crippen LogP contribution is -2.06. The van der Waals surface area contributed by atoms with E-state index in [1.807, 2.05) is 0 Å². The van der Waals surface area contributed by atoms with Crippen molar-refractivity contribution in [1.82, 2.24) is 0 Å². The van der Waals surface area contributed by atoms with Gasteiger partial charge in [0.05, 0.1) is 19.4 Å². The average Bonchev–Trinajstić information content (AvgIpc) is 2.42. The Kier molecular flexibility index (Phi) is 13.0. The smallest absolute Gasteiger partial charge is 0.309 e. The molecule has 0 aliphatic carbocycles. The number of hydrogen-bond acceptors (Lipinski definition) is 3. The van der Waals surface area contributed by atoms with Crippen LogP contribution in [-0.4, -0.2) is 19.4 Å². The van der Waals surface area contributed by atoms with Gasteiger partial charge in [-0.25, -0.2) is 0 Å². The van der Waals surface area contributed by atoms with E-state index in [9.17, 15) is 4.57 Å². The van der Waals surface area contributed by atoms with Crippen molar-refractivity contribution in [1.29, 1.82) is 0 Å². The monoisotopic (exact) mass is 306 g/mol. The minimum Gasteiger partial charge on any atom is -0.309 e. The summed E-state index contributed by atoms with van der Waals surface area (Å²) in [4.78, 5) is 0. The molecule has 0 heterocycles. The average molecular weight is 306 g/mol. The maximum atomic E-state index is 12.6. The zero-order valence-corrected chi connectivity index (χ0v) is 14.9. The Morgan fingerprint density at radius 2 is 1.45 bits per heavy atom. The lowest BCUT2D eigenvalue weighted by Gasteiger charge is -2.19. The molecule has 0 saturated heterocycles. The maximum absolute atomic E-state index is 12.6. The molecule has 0 radical (unpaired) electrons. The van der Waals surface area contributed by atoms with Crippen LogP contribution < -0.4 is 0 Å². The molecule has 0 spiro atoms. The van der Waals surface area contributed by atoms with Crippen molar-refractivity contribution in [2.45, 2.75) is 79.1 Å². The lowest BCUT2D eigenvalue weighted by molar-refractivity contribution is 0.184. The molecule has 0 aromatic rings. The molecule has 0 aliphatic rings. The standard InChI is InChI=1S/C16H35O3P/c1-5-7-9-10-11-12-13-18-20(17,14-8-6-2)19-15-16(3)4/h16H,5-15H2,1-4H3. The molecule has 0 rings (SSSR count). The van der Waals surface area contributed by atoms with E-state index in [1.54, 1.807) is 0 Å². The fourth-order valence-electron chi connectivity index (χ4n) is 1.87. The van der Waals surface area contributed by atoms with Crippen LogP contribution in [0.15, 0.2) is 0 Å². The largest absolute Gasteiger partial charge is 0.330 e. The molecule has 0 aromatic heterocycles. The van der Waals surface area contributed by atoms with Gasteiger partial charge < -0.3 is 9.05 Å². The molecular formula is C16H35O3P. The molecule has 0 fully saturated rings. The van der Waals surface area contributed by atoms with Crippen LogP contribution in [0.2, 0.25) is 0 Å². The number of unbranched alkanes of at least 4 members (excludes halogenated alkanes) is 6. The van der Waals surface area contributed by atoms with Crippen molar-refractivity contribution in [3.05, 3.63) is 0 Å². The highest BCUT2D eigenvalue weighted by atomic mass is 31.2. The zero-order chi connectivity index (χ0) is 15.3.